The van der Waals surface area contributed by atoms with Gasteiger partial charge < -0.3 is 14.8 Å². The lowest BCUT2D eigenvalue weighted by molar-refractivity contribution is -0.126. The Morgan fingerprint density at radius 1 is 1.47 bits per heavy atom. The van der Waals surface area contributed by atoms with Crippen LogP contribution in [0.4, 0.5) is 0 Å². The lowest BCUT2D eigenvalue weighted by Gasteiger charge is -2.16. The van der Waals surface area contributed by atoms with E-state index in [2.05, 4.69) is 16.4 Å². The van der Waals surface area contributed by atoms with Crippen LogP contribution in [-0.2, 0) is 19.7 Å². The predicted octanol–water partition coefficient (Wildman–Crippen LogP) is 0.892. The predicted molar refractivity (Wildman–Crippen MR) is 70.9 cm³/mol. The van der Waals surface area contributed by atoms with Crippen LogP contribution >= 0.6 is 0 Å². The minimum Gasteiger partial charge on any atom is -0.382 e. The van der Waals surface area contributed by atoms with Crippen molar-refractivity contribution >= 4 is 5.91 Å². The first-order chi connectivity index (χ1) is 9.27. The van der Waals surface area contributed by atoms with E-state index < -0.39 is 0 Å². The van der Waals surface area contributed by atoms with Crippen molar-refractivity contribution in [1.82, 2.24) is 10.3 Å². The number of amides is 1. The molecule has 0 aromatic carbocycles. The number of nitrogens with one attached hydrogen (secondary N) is 1. The molecule has 19 heavy (non-hydrogen) atoms. The third-order valence-corrected chi connectivity index (χ3v) is 3.42. The van der Waals surface area contributed by atoms with Gasteiger partial charge in [-0.25, -0.2) is 0 Å². The number of hydrogen-bond donors (Lipinski definition) is 1. The van der Waals surface area contributed by atoms with Gasteiger partial charge in [-0.15, -0.1) is 0 Å². The van der Waals surface area contributed by atoms with Crippen molar-refractivity contribution in [3.63, 3.8) is 0 Å². The fourth-order valence-electron chi connectivity index (χ4n) is 2.02. The standard InChI is InChI=1S/C14H20N2O3/c1-18-7-8-19-10-13(17)16-11-14(4-5-14)12-3-2-6-15-9-12/h2-3,6,9H,4-5,7-8,10-11H2,1H3,(H,16,17). The normalized spacial score (nSPS) is 16.1. The molecule has 1 aromatic rings. The van der Waals surface area contributed by atoms with Gasteiger partial charge >= 0.3 is 0 Å². The van der Waals surface area contributed by atoms with Crippen LogP contribution in [0.1, 0.15) is 18.4 Å². The van der Waals surface area contributed by atoms with Gasteiger partial charge in [-0.05, 0) is 24.5 Å². The first-order valence-corrected chi connectivity index (χ1v) is 6.51. The Hall–Kier alpha value is -1.46. The highest BCUT2D eigenvalue weighted by Gasteiger charge is 2.44. The average molecular weight is 264 g/mol. The summed E-state index contributed by atoms with van der Waals surface area (Å²) < 4.78 is 10.0. The average Bonchev–Trinajstić information content (AvgIpc) is 3.24. The second-order valence-corrected chi connectivity index (χ2v) is 4.84. The van der Waals surface area contributed by atoms with E-state index in [0.717, 1.165) is 12.8 Å². The van der Waals surface area contributed by atoms with Gasteiger partial charge in [0.1, 0.15) is 6.61 Å². The van der Waals surface area contributed by atoms with Gasteiger partial charge in [-0.1, -0.05) is 6.07 Å². The van der Waals surface area contributed by atoms with Gasteiger partial charge in [0, 0.05) is 31.5 Å². The Morgan fingerprint density at radius 2 is 2.32 bits per heavy atom. The van der Waals surface area contributed by atoms with Crippen molar-refractivity contribution < 1.29 is 14.3 Å². The summed E-state index contributed by atoms with van der Waals surface area (Å²) in [7, 11) is 1.61. The van der Waals surface area contributed by atoms with Crippen molar-refractivity contribution in [2.45, 2.75) is 18.3 Å². The quantitative estimate of drug-likeness (QED) is 0.708. The molecule has 0 radical (unpaired) electrons. The minimum absolute atomic E-state index is 0.0775. The van der Waals surface area contributed by atoms with Crippen molar-refractivity contribution in [2.75, 3.05) is 33.5 Å². The van der Waals surface area contributed by atoms with Crippen LogP contribution in [-0.4, -0.2) is 44.4 Å². The molecule has 0 unspecified atom stereocenters. The maximum absolute atomic E-state index is 11.6. The summed E-state index contributed by atoms with van der Waals surface area (Å²) in [6.07, 6.45) is 5.85. The van der Waals surface area contributed by atoms with E-state index in [-0.39, 0.29) is 17.9 Å². The van der Waals surface area contributed by atoms with Crippen molar-refractivity contribution in [3.8, 4) is 0 Å². The maximum atomic E-state index is 11.6. The Bertz CT molecular complexity index is 404. The van der Waals surface area contributed by atoms with E-state index >= 15 is 0 Å². The molecule has 5 nitrogen and oxygen atoms in total. The highest BCUT2D eigenvalue weighted by molar-refractivity contribution is 5.77. The third-order valence-electron chi connectivity index (χ3n) is 3.42. The molecule has 1 N–H and O–H groups in total. The molecular weight excluding hydrogens is 244 g/mol. The molecule has 1 fully saturated rings. The van der Waals surface area contributed by atoms with E-state index in [0.29, 0.717) is 19.8 Å². The van der Waals surface area contributed by atoms with Gasteiger partial charge in [-0.2, -0.15) is 0 Å². The summed E-state index contributed by atoms with van der Waals surface area (Å²) in [6, 6.07) is 4.01. The van der Waals surface area contributed by atoms with E-state index in [1.807, 2.05) is 12.3 Å². The van der Waals surface area contributed by atoms with Gasteiger partial charge in [-0.3, -0.25) is 9.78 Å². The highest BCUT2D eigenvalue weighted by Crippen LogP contribution is 2.47. The Morgan fingerprint density at radius 3 is 2.95 bits per heavy atom. The molecule has 0 atom stereocenters. The lowest BCUT2D eigenvalue weighted by Crippen LogP contribution is -2.35. The fourth-order valence-corrected chi connectivity index (χ4v) is 2.02. The largest absolute Gasteiger partial charge is 0.382 e. The fraction of sp³-hybridized carbons (Fsp3) is 0.571. The van der Waals surface area contributed by atoms with Crippen LogP contribution in [0.15, 0.2) is 24.5 Å². The maximum Gasteiger partial charge on any atom is 0.246 e. The van der Waals surface area contributed by atoms with Crippen LogP contribution in [0.3, 0.4) is 0 Å². The summed E-state index contributed by atoms with van der Waals surface area (Å²) in [6.45, 7) is 1.70. The molecule has 1 aliphatic rings. The topological polar surface area (TPSA) is 60.5 Å². The van der Waals surface area contributed by atoms with Crippen LogP contribution < -0.4 is 5.32 Å². The molecule has 1 amide bonds. The zero-order valence-corrected chi connectivity index (χ0v) is 11.2. The molecule has 1 aromatic heterocycles. The SMILES string of the molecule is COCCOCC(=O)NCC1(c2cccnc2)CC1. The number of carbonyl (C=O) groups is 1. The number of nitrogens with zero attached hydrogens (tertiary/aromatic N) is 1. The van der Waals surface area contributed by atoms with Crippen LogP contribution in [0.5, 0.6) is 0 Å². The molecule has 104 valence electrons. The number of aromatic nitrogens is 1. The number of hydrogen-bond acceptors (Lipinski definition) is 4. The van der Waals surface area contributed by atoms with E-state index in [9.17, 15) is 4.79 Å². The molecule has 1 saturated carbocycles. The molecule has 0 aliphatic heterocycles. The molecule has 0 bridgehead atoms. The number of ether oxygens (including phenoxy) is 2. The molecule has 2 rings (SSSR count). The number of rotatable bonds is 8. The number of pyridine rings is 1. The Labute approximate surface area is 113 Å². The Kier molecular flexibility index (Phi) is 4.87. The van der Waals surface area contributed by atoms with Gasteiger partial charge in [0.15, 0.2) is 0 Å². The van der Waals surface area contributed by atoms with Gasteiger partial charge in [0.2, 0.25) is 5.91 Å². The van der Waals surface area contributed by atoms with Crippen LogP contribution in [0.2, 0.25) is 0 Å². The summed E-state index contributed by atoms with van der Waals surface area (Å²) in [5, 5.41) is 2.93. The molecule has 0 saturated heterocycles. The monoisotopic (exact) mass is 264 g/mol. The second kappa shape index (κ2) is 6.63. The first kappa shape index (κ1) is 14.0. The molecule has 1 aliphatic carbocycles. The van der Waals surface area contributed by atoms with E-state index in [1.54, 1.807) is 13.3 Å². The van der Waals surface area contributed by atoms with Crippen molar-refractivity contribution in [3.05, 3.63) is 30.1 Å². The smallest absolute Gasteiger partial charge is 0.246 e. The van der Waals surface area contributed by atoms with E-state index in [1.165, 1.54) is 5.56 Å². The minimum atomic E-state index is -0.0775. The zero-order chi connectivity index (χ0) is 13.6. The van der Waals surface area contributed by atoms with Gasteiger partial charge in [0.25, 0.3) is 0 Å². The first-order valence-electron chi connectivity index (χ1n) is 6.51. The molecular formula is C14H20N2O3. The number of carbonyl (C=O) groups excluding carboxylic acids is 1. The zero-order valence-electron chi connectivity index (χ0n) is 11.2. The third kappa shape index (κ3) is 4.01. The summed E-state index contributed by atoms with van der Waals surface area (Å²) >= 11 is 0. The second-order valence-electron chi connectivity index (χ2n) is 4.84. The Balaban J connectivity index is 1.72. The molecule has 0 spiro atoms. The molecule has 1 heterocycles. The summed E-state index contributed by atoms with van der Waals surface area (Å²) in [4.78, 5) is 15.8. The van der Waals surface area contributed by atoms with Gasteiger partial charge in [0.05, 0.1) is 13.2 Å². The number of methoxy groups -OCH3 is 1. The van der Waals surface area contributed by atoms with Crippen LogP contribution in [0, 0.1) is 0 Å². The van der Waals surface area contributed by atoms with Crippen molar-refractivity contribution in [1.29, 1.82) is 0 Å². The highest BCUT2D eigenvalue weighted by atomic mass is 16.5. The van der Waals surface area contributed by atoms with Crippen molar-refractivity contribution in [2.24, 2.45) is 0 Å². The lowest BCUT2D eigenvalue weighted by atomic mass is 9.98. The molecule has 5 heteroatoms. The summed E-state index contributed by atoms with van der Waals surface area (Å²) in [5.41, 5.74) is 1.30. The van der Waals surface area contributed by atoms with E-state index in [4.69, 9.17) is 9.47 Å². The summed E-state index contributed by atoms with van der Waals surface area (Å²) in [5.74, 6) is -0.0775. The van der Waals surface area contributed by atoms with Crippen LogP contribution in [0.25, 0.3) is 0 Å².